The Morgan fingerprint density at radius 3 is 2.62 bits per heavy atom. The zero-order chi connectivity index (χ0) is 12.0. The molecular weight excluding hydrogens is 200 g/mol. The van der Waals surface area contributed by atoms with E-state index in [-0.39, 0.29) is 0 Å². The van der Waals surface area contributed by atoms with E-state index in [1.54, 1.807) is 0 Å². The number of hydrogen-bond donors (Lipinski definition) is 1. The Morgan fingerprint density at radius 1 is 1.38 bits per heavy atom. The second kappa shape index (κ2) is 7.25. The van der Waals surface area contributed by atoms with E-state index in [2.05, 4.69) is 37.9 Å². The van der Waals surface area contributed by atoms with Crippen LogP contribution in [-0.4, -0.2) is 49.3 Å². The Morgan fingerprint density at radius 2 is 2.12 bits per heavy atom. The van der Waals surface area contributed by atoms with Crippen LogP contribution >= 0.6 is 0 Å². The van der Waals surface area contributed by atoms with Crippen molar-refractivity contribution in [1.82, 2.24) is 10.2 Å². The maximum atomic E-state index is 5.67. The summed E-state index contributed by atoms with van der Waals surface area (Å²) in [5.74, 6) is 0. The molecule has 1 heterocycles. The number of likely N-dealkylation sites (N-methyl/N-ethyl adjacent to an activating group) is 1. The zero-order valence-electron chi connectivity index (χ0n) is 11.3. The van der Waals surface area contributed by atoms with Crippen LogP contribution in [0.1, 0.15) is 40.5 Å². The van der Waals surface area contributed by atoms with E-state index in [1.807, 2.05) is 0 Å². The van der Waals surface area contributed by atoms with E-state index in [0.717, 1.165) is 26.2 Å². The molecule has 16 heavy (non-hydrogen) atoms. The summed E-state index contributed by atoms with van der Waals surface area (Å²) in [5.41, 5.74) is 0. The van der Waals surface area contributed by atoms with Gasteiger partial charge in [0.2, 0.25) is 0 Å². The van der Waals surface area contributed by atoms with E-state index in [0.29, 0.717) is 18.2 Å². The molecule has 1 aliphatic heterocycles. The number of hydrogen-bond acceptors (Lipinski definition) is 3. The number of rotatable bonds is 7. The number of ether oxygens (including phenoxy) is 1. The van der Waals surface area contributed by atoms with Crippen molar-refractivity contribution in [3.05, 3.63) is 0 Å². The Bertz CT molecular complexity index is 179. The van der Waals surface area contributed by atoms with Crippen LogP contribution in [0.5, 0.6) is 0 Å². The molecule has 3 heteroatoms. The highest BCUT2D eigenvalue weighted by molar-refractivity contribution is 4.77. The second-order valence-electron chi connectivity index (χ2n) is 5.02. The van der Waals surface area contributed by atoms with Crippen molar-refractivity contribution in [2.75, 3.05) is 26.2 Å². The minimum Gasteiger partial charge on any atom is -0.377 e. The number of nitrogens with zero attached hydrogens (tertiary/aromatic N) is 1. The van der Waals surface area contributed by atoms with Gasteiger partial charge in [0.15, 0.2) is 0 Å². The molecule has 0 radical (unpaired) electrons. The highest BCUT2D eigenvalue weighted by Gasteiger charge is 2.21. The van der Waals surface area contributed by atoms with Gasteiger partial charge in [0.05, 0.1) is 6.10 Å². The van der Waals surface area contributed by atoms with Crippen LogP contribution in [0.25, 0.3) is 0 Å². The van der Waals surface area contributed by atoms with Crippen LogP contribution in [0.4, 0.5) is 0 Å². The lowest BCUT2D eigenvalue weighted by Crippen LogP contribution is -2.43. The predicted molar refractivity (Wildman–Crippen MR) is 68.8 cm³/mol. The fourth-order valence-corrected chi connectivity index (χ4v) is 2.35. The Kier molecular flexibility index (Phi) is 6.32. The highest BCUT2D eigenvalue weighted by atomic mass is 16.5. The maximum Gasteiger partial charge on any atom is 0.0726 e. The lowest BCUT2D eigenvalue weighted by Gasteiger charge is -2.26. The highest BCUT2D eigenvalue weighted by Crippen LogP contribution is 2.15. The van der Waals surface area contributed by atoms with E-state index in [9.17, 15) is 0 Å². The molecule has 1 N–H and O–H groups in total. The Labute approximate surface area is 101 Å². The summed E-state index contributed by atoms with van der Waals surface area (Å²) in [6, 6.07) is 1.14. The van der Waals surface area contributed by atoms with Gasteiger partial charge in [0, 0.05) is 31.8 Å². The van der Waals surface area contributed by atoms with E-state index in [4.69, 9.17) is 4.74 Å². The largest absolute Gasteiger partial charge is 0.377 e. The van der Waals surface area contributed by atoms with Gasteiger partial charge in [0.1, 0.15) is 0 Å². The third-order valence-corrected chi connectivity index (χ3v) is 3.52. The van der Waals surface area contributed by atoms with Crippen molar-refractivity contribution < 1.29 is 4.74 Å². The molecule has 1 saturated heterocycles. The first-order chi connectivity index (χ1) is 7.65. The molecule has 0 aromatic carbocycles. The number of nitrogens with one attached hydrogen (secondary N) is 1. The average Bonchev–Trinajstić information content (AvgIpc) is 2.76. The molecule has 0 spiro atoms. The average molecular weight is 228 g/mol. The smallest absolute Gasteiger partial charge is 0.0726 e. The summed E-state index contributed by atoms with van der Waals surface area (Å²) in [6.07, 6.45) is 2.88. The minimum absolute atomic E-state index is 0.439. The molecule has 1 fully saturated rings. The molecule has 0 amide bonds. The fourth-order valence-electron chi connectivity index (χ4n) is 2.35. The van der Waals surface area contributed by atoms with Gasteiger partial charge in [-0.3, -0.25) is 4.90 Å². The molecular formula is C13H28N2O. The van der Waals surface area contributed by atoms with Gasteiger partial charge in [-0.05, 0) is 40.2 Å². The molecule has 96 valence electrons. The topological polar surface area (TPSA) is 24.5 Å². The summed E-state index contributed by atoms with van der Waals surface area (Å²) in [5, 5.41) is 3.58. The molecule has 3 nitrogen and oxygen atoms in total. The van der Waals surface area contributed by atoms with Gasteiger partial charge >= 0.3 is 0 Å². The van der Waals surface area contributed by atoms with Crippen LogP contribution in [0.15, 0.2) is 0 Å². The van der Waals surface area contributed by atoms with Crippen LogP contribution in [-0.2, 0) is 4.74 Å². The van der Waals surface area contributed by atoms with E-state index in [1.165, 1.54) is 12.8 Å². The first-order valence-corrected chi connectivity index (χ1v) is 6.74. The lowest BCUT2D eigenvalue weighted by atomic mass is 10.1. The quantitative estimate of drug-likeness (QED) is 0.720. The maximum absolute atomic E-state index is 5.67. The first kappa shape index (κ1) is 13.9. The lowest BCUT2D eigenvalue weighted by molar-refractivity contribution is 0.0822. The van der Waals surface area contributed by atoms with Crippen LogP contribution in [0.2, 0.25) is 0 Å². The molecule has 0 aromatic rings. The van der Waals surface area contributed by atoms with Crippen molar-refractivity contribution >= 4 is 0 Å². The monoisotopic (exact) mass is 228 g/mol. The normalized spacial score (nSPS) is 23.2. The van der Waals surface area contributed by atoms with Crippen molar-refractivity contribution in [2.24, 2.45) is 0 Å². The predicted octanol–water partition coefficient (Wildman–Crippen LogP) is 1.87. The molecule has 0 saturated carbocycles. The molecule has 0 bridgehead atoms. The van der Waals surface area contributed by atoms with Crippen molar-refractivity contribution in [1.29, 1.82) is 0 Å². The van der Waals surface area contributed by atoms with Crippen LogP contribution in [0.3, 0.4) is 0 Å². The van der Waals surface area contributed by atoms with Gasteiger partial charge in [-0.25, -0.2) is 0 Å². The van der Waals surface area contributed by atoms with Crippen molar-refractivity contribution in [2.45, 2.75) is 58.7 Å². The summed E-state index contributed by atoms with van der Waals surface area (Å²) < 4.78 is 5.67. The summed E-state index contributed by atoms with van der Waals surface area (Å²) in [7, 11) is 0. The summed E-state index contributed by atoms with van der Waals surface area (Å²) in [6.45, 7) is 13.3. The van der Waals surface area contributed by atoms with Gasteiger partial charge in [-0.1, -0.05) is 6.92 Å². The molecule has 0 aliphatic carbocycles. The first-order valence-electron chi connectivity index (χ1n) is 6.74. The van der Waals surface area contributed by atoms with E-state index < -0.39 is 0 Å². The zero-order valence-corrected chi connectivity index (χ0v) is 11.3. The van der Waals surface area contributed by atoms with Crippen LogP contribution in [0, 0.1) is 0 Å². The van der Waals surface area contributed by atoms with Crippen molar-refractivity contribution in [3.8, 4) is 0 Å². The molecule has 2 unspecified atom stereocenters. The Hall–Kier alpha value is -0.120. The minimum atomic E-state index is 0.439. The Balaban J connectivity index is 2.13. The van der Waals surface area contributed by atoms with Crippen molar-refractivity contribution in [3.63, 3.8) is 0 Å². The van der Waals surface area contributed by atoms with Gasteiger partial charge in [-0.15, -0.1) is 0 Å². The molecule has 0 aromatic heterocycles. The van der Waals surface area contributed by atoms with Crippen LogP contribution < -0.4 is 5.32 Å². The molecule has 2 atom stereocenters. The van der Waals surface area contributed by atoms with E-state index >= 15 is 0 Å². The summed E-state index contributed by atoms with van der Waals surface area (Å²) >= 11 is 0. The van der Waals surface area contributed by atoms with Gasteiger partial charge in [-0.2, -0.15) is 0 Å². The molecule has 1 aliphatic rings. The fraction of sp³-hybridized carbons (Fsp3) is 1.00. The molecule has 1 rings (SSSR count). The van der Waals surface area contributed by atoms with Gasteiger partial charge < -0.3 is 10.1 Å². The third kappa shape index (κ3) is 4.40. The summed E-state index contributed by atoms with van der Waals surface area (Å²) in [4.78, 5) is 2.48. The third-order valence-electron chi connectivity index (χ3n) is 3.52. The standard InChI is InChI=1S/C13H28N2O/c1-5-15(11(2)3)9-8-14-12(4)13-7-6-10-16-13/h11-14H,5-10H2,1-4H3. The SMILES string of the molecule is CCN(CCNC(C)C1CCCO1)C(C)C. The van der Waals surface area contributed by atoms with Gasteiger partial charge in [0.25, 0.3) is 0 Å². The second-order valence-corrected chi connectivity index (χ2v) is 5.02.